The number of unbranched alkanes of at least 4 members (excludes halogenated alkanes) is 1. The van der Waals surface area contributed by atoms with E-state index in [1.165, 1.54) is 0 Å². The van der Waals surface area contributed by atoms with Gasteiger partial charge in [-0.1, -0.05) is 6.92 Å². The number of hydrogen-bond donors (Lipinski definition) is 1. The third-order valence-electron chi connectivity index (χ3n) is 2.83. The Balaban J connectivity index is 2.15. The Hall–Kier alpha value is -0.610. The number of nitrogens with zero attached hydrogens (tertiary/aromatic N) is 2. The molecule has 0 bridgehead atoms. The van der Waals surface area contributed by atoms with Crippen LogP contribution in [0.3, 0.4) is 0 Å². The third-order valence-corrected chi connectivity index (χ3v) is 2.83. The van der Waals surface area contributed by atoms with Crippen LogP contribution in [0.5, 0.6) is 0 Å². The molecule has 1 unspecified atom stereocenters. The Morgan fingerprint density at radius 3 is 2.73 bits per heavy atom. The summed E-state index contributed by atoms with van der Waals surface area (Å²) in [7, 11) is 4.16. The molecule has 1 fully saturated rings. The number of carbonyl (C=O) groups excluding carboxylic acids is 1. The van der Waals surface area contributed by atoms with Gasteiger partial charge in [-0.2, -0.15) is 0 Å². The lowest BCUT2D eigenvalue weighted by Gasteiger charge is -2.16. The van der Waals surface area contributed by atoms with Gasteiger partial charge in [-0.3, -0.25) is 10.1 Å². The predicted molar refractivity (Wildman–Crippen MR) is 61.6 cm³/mol. The summed E-state index contributed by atoms with van der Waals surface area (Å²) in [6, 6.07) is 0.0684. The summed E-state index contributed by atoms with van der Waals surface area (Å²) in [5, 5.41) is 3.22. The molecule has 1 rings (SSSR count). The van der Waals surface area contributed by atoms with Gasteiger partial charge in [-0.05, 0) is 39.9 Å². The molecule has 0 saturated carbocycles. The maximum Gasteiger partial charge on any atom is 0.240 e. The van der Waals surface area contributed by atoms with Crippen molar-refractivity contribution in [1.29, 1.82) is 0 Å². The summed E-state index contributed by atoms with van der Waals surface area (Å²) in [5.41, 5.74) is 0. The van der Waals surface area contributed by atoms with Crippen molar-refractivity contribution in [1.82, 2.24) is 15.1 Å². The van der Waals surface area contributed by atoms with Crippen molar-refractivity contribution in [2.75, 3.05) is 33.9 Å². The fourth-order valence-electron chi connectivity index (χ4n) is 1.84. The normalized spacial score (nSPS) is 21.7. The molecule has 0 aromatic rings. The minimum atomic E-state index is 0.0684. The highest BCUT2D eigenvalue weighted by Crippen LogP contribution is 2.07. The Bertz CT molecular complexity index is 206. The maximum atomic E-state index is 11.7. The van der Waals surface area contributed by atoms with Gasteiger partial charge in [-0.25, -0.2) is 0 Å². The van der Waals surface area contributed by atoms with E-state index in [2.05, 4.69) is 24.3 Å². The first-order chi connectivity index (χ1) is 7.15. The quantitative estimate of drug-likeness (QED) is 0.653. The lowest BCUT2D eigenvalue weighted by molar-refractivity contribution is -0.129. The molecule has 1 atom stereocenters. The van der Waals surface area contributed by atoms with Crippen LogP contribution < -0.4 is 5.32 Å². The van der Waals surface area contributed by atoms with Crippen molar-refractivity contribution in [2.24, 2.45) is 0 Å². The minimum Gasteiger partial charge on any atom is -0.329 e. The van der Waals surface area contributed by atoms with Crippen LogP contribution in [0.4, 0.5) is 0 Å². The van der Waals surface area contributed by atoms with Crippen LogP contribution in [0.15, 0.2) is 0 Å². The average molecular weight is 213 g/mol. The van der Waals surface area contributed by atoms with Crippen LogP contribution in [0, 0.1) is 0 Å². The van der Waals surface area contributed by atoms with Gasteiger partial charge in [0.15, 0.2) is 0 Å². The van der Waals surface area contributed by atoms with E-state index in [4.69, 9.17) is 0 Å². The number of amides is 1. The molecule has 0 aliphatic carbocycles. The molecular formula is C11H23N3O. The van der Waals surface area contributed by atoms with E-state index in [1.807, 2.05) is 11.8 Å². The summed E-state index contributed by atoms with van der Waals surface area (Å²) in [6.45, 7) is 4.78. The van der Waals surface area contributed by atoms with Crippen LogP contribution >= 0.6 is 0 Å². The Kier molecular flexibility index (Phi) is 5.05. The Morgan fingerprint density at radius 1 is 1.47 bits per heavy atom. The molecule has 1 aliphatic heterocycles. The number of nitrogens with one attached hydrogen (secondary N) is 1. The molecule has 4 heteroatoms. The molecule has 1 amide bonds. The summed E-state index contributed by atoms with van der Waals surface area (Å²) in [6.07, 6.45) is 3.16. The molecule has 1 heterocycles. The molecule has 0 aromatic carbocycles. The summed E-state index contributed by atoms with van der Waals surface area (Å²) >= 11 is 0. The van der Waals surface area contributed by atoms with Gasteiger partial charge in [-0.15, -0.1) is 0 Å². The molecule has 4 nitrogen and oxygen atoms in total. The van der Waals surface area contributed by atoms with E-state index in [1.54, 1.807) is 0 Å². The largest absolute Gasteiger partial charge is 0.329 e. The van der Waals surface area contributed by atoms with Crippen LogP contribution in [0.25, 0.3) is 0 Å². The lowest BCUT2D eigenvalue weighted by Crippen LogP contribution is -2.30. The second kappa shape index (κ2) is 6.08. The van der Waals surface area contributed by atoms with Crippen LogP contribution in [-0.2, 0) is 4.79 Å². The zero-order chi connectivity index (χ0) is 11.3. The molecule has 1 saturated heterocycles. The van der Waals surface area contributed by atoms with E-state index >= 15 is 0 Å². The minimum absolute atomic E-state index is 0.0684. The Labute approximate surface area is 92.6 Å². The molecular weight excluding hydrogens is 190 g/mol. The fraction of sp³-hybridized carbons (Fsp3) is 0.909. The second-order valence-corrected chi connectivity index (χ2v) is 4.44. The van der Waals surface area contributed by atoms with E-state index < -0.39 is 0 Å². The number of carbonyl (C=O) groups is 1. The summed E-state index contributed by atoms with van der Waals surface area (Å²) in [4.78, 5) is 15.8. The number of rotatable bonds is 6. The van der Waals surface area contributed by atoms with Gasteiger partial charge >= 0.3 is 0 Å². The highest BCUT2D eigenvalue weighted by Gasteiger charge is 2.28. The highest BCUT2D eigenvalue weighted by atomic mass is 16.2. The first kappa shape index (κ1) is 12.5. The maximum absolute atomic E-state index is 11.7. The standard InChI is InChI=1S/C11H23N3O/c1-4-10-11(15)14(9-12-10)8-6-5-7-13(2)3/h10,12H,4-9H2,1-3H3. The van der Waals surface area contributed by atoms with Gasteiger partial charge < -0.3 is 9.80 Å². The van der Waals surface area contributed by atoms with Gasteiger partial charge in [0.25, 0.3) is 0 Å². The van der Waals surface area contributed by atoms with Crippen molar-refractivity contribution < 1.29 is 4.79 Å². The van der Waals surface area contributed by atoms with Gasteiger partial charge in [0.1, 0.15) is 0 Å². The van der Waals surface area contributed by atoms with Gasteiger partial charge in [0.2, 0.25) is 5.91 Å². The van der Waals surface area contributed by atoms with Crippen molar-refractivity contribution in [2.45, 2.75) is 32.2 Å². The van der Waals surface area contributed by atoms with Crippen molar-refractivity contribution in [3.63, 3.8) is 0 Å². The van der Waals surface area contributed by atoms with E-state index in [-0.39, 0.29) is 11.9 Å². The first-order valence-corrected chi connectivity index (χ1v) is 5.82. The number of hydrogen-bond acceptors (Lipinski definition) is 3. The Morgan fingerprint density at radius 2 is 2.20 bits per heavy atom. The SMILES string of the molecule is CCC1NCN(CCCCN(C)C)C1=O. The highest BCUT2D eigenvalue weighted by molar-refractivity contribution is 5.83. The molecule has 1 N–H and O–H groups in total. The molecule has 0 spiro atoms. The molecule has 88 valence electrons. The topological polar surface area (TPSA) is 35.6 Å². The zero-order valence-electron chi connectivity index (χ0n) is 10.1. The predicted octanol–water partition coefficient (Wildman–Crippen LogP) is 0.496. The van der Waals surface area contributed by atoms with Gasteiger partial charge in [0, 0.05) is 6.54 Å². The summed E-state index contributed by atoms with van der Waals surface area (Å²) < 4.78 is 0. The lowest BCUT2D eigenvalue weighted by atomic mass is 10.2. The molecule has 0 aromatic heterocycles. The van der Waals surface area contributed by atoms with Crippen molar-refractivity contribution in [3.8, 4) is 0 Å². The van der Waals surface area contributed by atoms with Crippen LogP contribution in [0.2, 0.25) is 0 Å². The second-order valence-electron chi connectivity index (χ2n) is 4.44. The molecule has 0 radical (unpaired) electrons. The molecule has 15 heavy (non-hydrogen) atoms. The van der Waals surface area contributed by atoms with Crippen LogP contribution in [0.1, 0.15) is 26.2 Å². The monoisotopic (exact) mass is 213 g/mol. The average Bonchev–Trinajstić information content (AvgIpc) is 2.54. The van der Waals surface area contributed by atoms with E-state index in [9.17, 15) is 4.79 Å². The van der Waals surface area contributed by atoms with Gasteiger partial charge in [0.05, 0.1) is 12.7 Å². The molecule has 1 aliphatic rings. The zero-order valence-corrected chi connectivity index (χ0v) is 10.1. The fourth-order valence-corrected chi connectivity index (χ4v) is 1.84. The van der Waals surface area contributed by atoms with E-state index in [0.717, 1.165) is 39.0 Å². The summed E-state index contributed by atoms with van der Waals surface area (Å²) in [5.74, 6) is 0.280. The third kappa shape index (κ3) is 3.80. The van der Waals surface area contributed by atoms with Crippen molar-refractivity contribution in [3.05, 3.63) is 0 Å². The first-order valence-electron chi connectivity index (χ1n) is 5.82. The van der Waals surface area contributed by atoms with Crippen LogP contribution in [-0.4, -0.2) is 55.6 Å². The van der Waals surface area contributed by atoms with Crippen molar-refractivity contribution >= 4 is 5.91 Å². The van der Waals surface area contributed by atoms with E-state index in [0.29, 0.717) is 0 Å². The smallest absolute Gasteiger partial charge is 0.240 e.